The fourth-order valence-electron chi connectivity index (χ4n) is 10.3. The van der Waals surface area contributed by atoms with Crippen LogP contribution in [0.4, 0.5) is 11.6 Å². The molecule has 0 bridgehead atoms. The molecule has 3 aromatic carbocycles. The number of rotatable bonds is 47. The Morgan fingerprint density at radius 1 is 0.574 bits per heavy atom. The zero-order valence-electron chi connectivity index (χ0n) is 54.5. The van der Waals surface area contributed by atoms with Gasteiger partial charge in [-0.05, 0) is 92.5 Å². The van der Waals surface area contributed by atoms with Crippen LogP contribution in [-0.4, -0.2) is 166 Å². The molecule has 94 heavy (non-hydrogen) atoms. The van der Waals surface area contributed by atoms with Gasteiger partial charge < -0.3 is 68.5 Å². The summed E-state index contributed by atoms with van der Waals surface area (Å²) in [7, 11) is 1.50. The highest BCUT2D eigenvalue weighted by atomic mass is 16.5. The number of ketones is 5. The summed E-state index contributed by atoms with van der Waals surface area (Å²) in [6.07, 6.45) is -0.822. The van der Waals surface area contributed by atoms with Crippen molar-refractivity contribution >= 4 is 76.1 Å². The molecule has 0 aliphatic rings. The largest absolute Gasteiger partial charge is 0.508 e. The minimum atomic E-state index is -1.45. The Kier molecular flexibility index (Phi) is 34.2. The van der Waals surface area contributed by atoms with Gasteiger partial charge >= 0.3 is 5.97 Å². The van der Waals surface area contributed by atoms with Gasteiger partial charge in [0.25, 0.3) is 5.91 Å². The number of Topliss-reactive ketones (excluding diaryl/α,β-unsaturated/α-hetero) is 5. The number of carbonyl (C=O) groups is 10. The third kappa shape index (κ3) is 27.3. The average Bonchev–Trinajstić information content (AvgIpc) is 0.839. The molecule has 14 N–H and O–H groups in total. The number of aliphatic imine (C=N–C) groups is 1. The van der Waals surface area contributed by atoms with Crippen molar-refractivity contribution in [3.05, 3.63) is 113 Å². The van der Waals surface area contributed by atoms with Gasteiger partial charge in [0, 0.05) is 83.6 Å². The molecule has 4 amide bonds. The quantitative estimate of drug-likeness (QED) is 0.0128. The topological polar surface area (TPSA) is 423 Å². The number of aromatic hydroxyl groups is 1. The number of phenolic OH excluding ortho intramolecular Hbond substituents is 1. The second kappa shape index (κ2) is 41.6. The summed E-state index contributed by atoms with van der Waals surface area (Å²) in [4.78, 5) is 152. The molecule has 1 aromatic heterocycles. The first kappa shape index (κ1) is 77.4. The summed E-state index contributed by atoms with van der Waals surface area (Å²) in [6.45, 7) is 7.26. The van der Waals surface area contributed by atoms with Crippen LogP contribution < -0.4 is 43.4 Å². The molecular weight excluding hydrogens is 1210 g/mol. The number of benzene rings is 3. The summed E-state index contributed by atoms with van der Waals surface area (Å²) < 4.78 is 5.05. The molecule has 0 aliphatic carbocycles. The molecule has 0 saturated carbocycles. The van der Waals surface area contributed by atoms with Crippen molar-refractivity contribution in [1.29, 1.82) is 0 Å². The van der Waals surface area contributed by atoms with E-state index in [0.717, 1.165) is 0 Å². The number of aromatic nitrogens is 2. The predicted octanol–water partition coefficient (Wildman–Crippen LogP) is 4.21. The molecule has 0 aliphatic heterocycles. The number of hydrogen-bond donors (Lipinski definition) is 12. The maximum Gasteiger partial charge on any atom is 0.309 e. The van der Waals surface area contributed by atoms with Crippen molar-refractivity contribution in [3.8, 4) is 5.75 Å². The lowest BCUT2D eigenvalue weighted by atomic mass is 9.86. The molecule has 0 spiro atoms. The Hall–Kier alpha value is -9.01. The number of nitrogens with two attached hydrogens (primary N) is 2. The van der Waals surface area contributed by atoms with E-state index < -0.39 is 139 Å². The van der Waals surface area contributed by atoms with E-state index >= 15 is 0 Å². The number of amides is 4. The number of ether oxygens (including phenoxy) is 1. The Balaban J connectivity index is 1.60. The van der Waals surface area contributed by atoms with Crippen molar-refractivity contribution in [2.75, 3.05) is 63.7 Å². The molecule has 4 rings (SSSR count). The van der Waals surface area contributed by atoms with Crippen molar-refractivity contribution in [2.45, 2.75) is 142 Å². The van der Waals surface area contributed by atoms with Gasteiger partial charge in [-0.1, -0.05) is 100 Å². The number of aliphatic hydroxyl groups is 2. The predicted molar refractivity (Wildman–Crippen MR) is 354 cm³/mol. The second-order valence-corrected chi connectivity index (χ2v) is 23.8. The van der Waals surface area contributed by atoms with Gasteiger partial charge in [-0.25, -0.2) is 9.97 Å². The lowest BCUT2D eigenvalue weighted by Gasteiger charge is -2.27. The first-order chi connectivity index (χ1) is 45.0. The maximum absolute atomic E-state index is 15.0. The minimum absolute atomic E-state index is 0.0159. The number of carboxylic acid groups (broad SMARTS) is 1. The molecule has 26 heteroatoms. The molecule has 512 valence electrons. The summed E-state index contributed by atoms with van der Waals surface area (Å²) >= 11 is 0. The SMILES string of the molecule is CCCNc1nc(C(=O)NCCOC)c(NCCC)nc1C(=O)CCCC(=O)CC(CO)C(=O)NC(Cc1ccccc1)C(=O)CC(Cc1ccccc1)C(=O)NC(Cc1ccc(O)cc1)C(=O)CC(CC(C)C)C(=O)NC(CCCN=C(N)N)C(=O)CC(CO)C(=O)O. The van der Waals surface area contributed by atoms with E-state index in [0.29, 0.717) is 42.6 Å². The van der Waals surface area contributed by atoms with Crippen LogP contribution in [0, 0.1) is 29.6 Å². The summed E-state index contributed by atoms with van der Waals surface area (Å²) in [5.74, 6) is -12.2. The van der Waals surface area contributed by atoms with Gasteiger partial charge in [-0.15, -0.1) is 0 Å². The Morgan fingerprint density at radius 2 is 1.06 bits per heavy atom. The number of aliphatic carboxylic acids is 1. The number of phenols is 1. The Morgan fingerprint density at radius 3 is 1.60 bits per heavy atom. The van der Waals surface area contributed by atoms with E-state index in [4.69, 9.17) is 16.2 Å². The van der Waals surface area contributed by atoms with E-state index in [9.17, 15) is 68.4 Å². The number of aliphatic hydroxyl groups excluding tert-OH is 2. The van der Waals surface area contributed by atoms with Crippen molar-refractivity contribution in [2.24, 2.45) is 46.0 Å². The number of carbonyl (C=O) groups excluding carboxylic acids is 9. The molecular formula is C68H95N11O15. The normalized spacial score (nSPS) is 13.4. The molecule has 7 unspecified atom stereocenters. The van der Waals surface area contributed by atoms with Gasteiger partial charge in [0.2, 0.25) is 17.7 Å². The van der Waals surface area contributed by atoms with Crippen LogP contribution in [0.5, 0.6) is 5.75 Å². The van der Waals surface area contributed by atoms with E-state index in [1.807, 2.05) is 27.7 Å². The van der Waals surface area contributed by atoms with Crippen LogP contribution in [0.1, 0.15) is 142 Å². The molecule has 7 atom stereocenters. The summed E-state index contributed by atoms with van der Waals surface area (Å²) in [6, 6.07) is 19.6. The number of guanidine groups is 1. The zero-order chi connectivity index (χ0) is 69.1. The van der Waals surface area contributed by atoms with Crippen molar-refractivity contribution in [1.82, 2.24) is 31.2 Å². The van der Waals surface area contributed by atoms with Gasteiger partial charge in [0.15, 0.2) is 52.1 Å². The molecule has 4 aromatic rings. The van der Waals surface area contributed by atoms with Crippen LogP contribution in [0.15, 0.2) is 89.9 Å². The van der Waals surface area contributed by atoms with E-state index in [-0.39, 0.29) is 118 Å². The number of hydrogen-bond acceptors (Lipinski definition) is 19. The second-order valence-electron chi connectivity index (χ2n) is 23.8. The number of methoxy groups -OCH3 is 1. The standard InChI is InChI=1S/C68H95N11O15/c1-6-27-71-61-59(78-62(72-28-7-2)60(79-61)66(91)73-30-31-94-5)55(84)22-14-20-51(83)36-48(40-80)65(90)77-53(34-44-18-12-9-13-19-44)58(87)38-47(33-43-16-10-8-11-17-43)64(89)76-54(35-45-23-25-50(82)26-24-45)57(86)37-46(32-42(3)4)63(88)75-52(21-15-29-74-68(69)70)56(85)39-49(41-81)67(92)93/h8-13,16-19,23-26,42,46-49,52-54,80-82H,6-7,14-15,20-22,27-41H2,1-5H3,(H,71,79)(H,72,78)(H,73,91)(H,75,88)(H,76,89)(H,77,90)(H,92,93)(H4,69,70,74). The summed E-state index contributed by atoms with van der Waals surface area (Å²) in [5.41, 5.74) is 12.7. The van der Waals surface area contributed by atoms with Gasteiger partial charge in [-0.2, -0.15) is 0 Å². The maximum atomic E-state index is 15.0. The van der Waals surface area contributed by atoms with E-state index in [1.165, 1.54) is 19.2 Å². The lowest BCUT2D eigenvalue weighted by molar-refractivity contribution is -0.145. The fourth-order valence-corrected chi connectivity index (χ4v) is 10.3. The smallest absolute Gasteiger partial charge is 0.309 e. The number of anilines is 2. The molecule has 0 saturated heterocycles. The van der Waals surface area contributed by atoms with Crippen molar-refractivity contribution < 1.29 is 73.1 Å². The fraction of sp³-hybridized carbons (Fsp3) is 0.515. The lowest BCUT2D eigenvalue weighted by Crippen LogP contribution is -2.50. The minimum Gasteiger partial charge on any atom is -0.508 e. The first-order valence-electron chi connectivity index (χ1n) is 32.1. The van der Waals surface area contributed by atoms with Crippen LogP contribution in [0.3, 0.4) is 0 Å². The number of carboxylic acids is 1. The van der Waals surface area contributed by atoms with Crippen LogP contribution in [0.2, 0.25) is 0 Å². The third-order valence-corrected chi connectivity index (χ3v) is 15.4. The van der Waals surface area contributed by atoms with Gasteiger partial charge in [0.1, 0.15) is 11.5 Å². The highest BCUT2D eigenvalue weighted by molar-refractivity contribution is 6.03. The van der Waals surface area contributed by atoms with Crippen LogP contribution in [-0.2, 0) is 62.4 Å². The monoisotopic (exact) mass is 1310 g/mol. The van der Waals surface area contributed by atoms with E-state index in [1.54, 1.807) is 72.8 Å². The van der Waals surface area contributed by atoms with Crippen molar-refractivity contribution in [3.63, 3.8) is 0 Å². The van der Waals surface area contributed by atoms with Gasteiger partial charge in [0.05, 0.1) is 49.8 Å². The third-order valence-electron chi connectivity index (χ3n) is 15.4. The molecule has 26 nitrogen and oxygen atoms in total. The highest BCUT2D eigenvalue weighted by Crippen LogP contribution is 2.25. The van der Waals surface area contributed by atoms with Crippen LogP contribution >= 0.6 is 0 Å². The first-order valence-corrected chi connectivity index (χ1v) is 32.1. The molecule has 1 heterocycles. The summed E-state index contributed by atoms with van der Waals surface area (Å²) in [5, 5.41) is 57.4. The molecule has 0 fully saturated rings. The zero-order valence-corrected chi connectivity index (χ0v) is 54.5. The number of nitrogens with one attached hydrogen (secondary N) is 6. The number of nitrogens with zero attached hydrogens (tertiary/aromatic N) is 3. The Bertz CT molecular complexity index is 3150. The molecule has 0 radical (unpaired) electrons. The van der Waals surface area contributed by atoms with Gasteiger partial charge in [-0.3, -0.25) is 52.9 Å². The van der Waals surface area contributed by atoms with Crippen LogP contribution in [0.25, 0.3) is 0 Å². The van der Waals surface area contributed by atoms with E-state index in [2.05, 4.69) is 46.9 Å². The average molecular weight is 1310 g/mol. The highest BCUT2D eigenvalue weighted by Gasteiger charge is 2.36. The Labute approximate surface area is 549 Å².